The first-order valence-corrected chi connectivity index (χ1v) is 6.70. The van der Waals surface area contributed by atoms with Gasteiger partial charge in [0, 0.05) is 11.4 Å². The number of benzene rings is 2. The zero-order chi connectivity index (χ0) is 14.4. The van der Waals surface area contributed by atoms with Crippen LogP contribution in [0.15, 0.2) is 48.5 Å². The molecule has 0 heterocycles. The van der Waals surface area contributed by atoms with Crippen LogP contribution in [0.1, 0.15) is 17.5 Å². The summed E-state index contributed by atoms with van der Waals surface area (Å²) >= 11 is 6.02. The minimum absolute atomic E-state index is 0.0204. The van der Waals surface area contributed by atoms with Crippen LogP contribution in [-0.2, 0) is 11.2 Å². The van der Waals surface area contributed by atoms with Gasteiger partial charge in [0.2, 0.25) is 0 Å². The van der Waals surface area contributed by atoms with Crippen molar-refractivity contribution < 1.29 is 14.6 Å². The summed E-state index contributed by atoms with van der Waals surface area (Å²) in [6.07, 6.45) is 0.678. The highest BCUT2D eigenvalue weighted by atomic mass is 35.5. The van der Waals surface area contributed by atoms with Crippen molar-refractivity contribution in [3.63, 3.8) is 0 Å². The minimum atomic E-state index is -0.872. The number of carboxylic acid groups (broad SMARTS) is 1. The van der Waals surface area contributed by atoms with Gasteiger partial charge in [-0.3, -0.25) is 4.79 Å². The first kappa shape index (κ1) is 14.4. The van der Waals surface area contributed by atoms with Gasteiger partial charge in [0.1, 0.15) is 5.75 Å². The normalized spacial score (nSPS) is 10.2. The molecule has 0 saturated heterocycles. The van der Waals surface area contributed by atoms with Crippen molar-refractivity contribution in [1.82, 2.24) is 0 Å². The lowest BCUT2D eigenvalue weighted by Crippen LogP contribution is -2.06. The summed E-state index contributed by atoms with van der Waals surface area (Å²) < 4.78 is 5.54. The number of aliphatic carboxylic acids is 1. The Kier molecular flexibility index (Phi) is 5.02. The van der Waals surface area contributed by atoms with Gasteiger partial charge >= 0.3 is 5.97 Å². The third kappa shape index (κ3) is 4.28. The van der Waals surface area contributed by atoms with Gasteiger partial charge in [-0.05, 0) is 29.3 Å². The Morgan fingerprint density at radius 2 is 1.90 bits per heavy atom. The fourth-order valence-electron chi connectivity index (χ4n) is 1.89. The summed E-state index contributed by atoms with van der Waals surface area (Å²) in [6, 6.07) is 15.4. The van der Waals surface area contributed by atoms with Crippen LogP contribution in [0.25, 0.3) is 0 Å². The van der Waals surface area contributed by atoms with Gasteiger partial charge in [0.05, 0.1) is 13.0 Å². The van der Waals surface area contributed by atoms with E-state index in [0.717, 1.165) is 11.1 Å². The monoisotopic (exact) mass is 290 g/mol. The number of hydrogen-bond donors (Lipinski definition) is 1. The number of hydrogen-bond acceptors (Lipinski definition) is 2. The van der Waals surface area contributed by atoms with Gasteiger partial charge in [-0.15, -0.1) is 0 Å². The van der Waals surface area contributed by atoms with E-state index in [4.69, 9.17) is 21.4 Å². The molecule has 0 aliphatic heterocycles. The maximum absolute atomic E-state index is 10.5. The molecule has 3 nitrogen and oxygen atoms in total. The molecule has 0 atom stereocenters. The van der Waals surface area contributed by atoms with Crippen LogP contribution in [0.2, 0.25) is 5.02 Å². The van der Waals surface area contributed by atoms with Crippen LogP contribution in [0.3, 0.4) is 0 Å². The Hall–Kier alpha value is -2.00. The Labute approximate surface area is 122 Å². The number of halogens is 1. The highest BCUT2D eigenvalue weighted by molar-refractivity contribution is 6.30. The maximum atomic E-state index is 10.5. The average Bonchev–Trinajstić information content (AvgIpc) is 2.42. The summed E-state index contributed by atoms with van der Waals surface area (Å²) in [5, 5.41) is 9.28. The van der Waals surface area contributed by atoms with Gasteiger partial charge in [-0.1, -0.05) is 41.9 Å². The maximum Gasteiger partial charge on any atom is 0.306 e. The molecule has 0 aromatic heterocycles. The van der Waals surface area contributed by atoms with Crippen molar-refractivity contribution >= 4 is 17.6 Å². The van der Waals surface area contributed by atoms with E-state index < -0.39 is 5.97 Å². The molecule has 2 rings (SSSR count). The number of ether oxygens (including phenoxy) is 1. The lowest BCUT2D eigenvalue weighted by molar-refractivity contribution is -0.137. The van der Waals surface area contributed by atoms with E-state index in [1.807, 2.05) is 36.4 Å². The molecule has 0 fully saturated rings. The molecule has 0 amide bonds. The third-order valence-electron chi connectivity index (χ3n) is 2.83. The van der Waals surface area contributed by atoms with E-state index in [-0.39, 0.29) is 13.0 Å². The highest BCUT2D eigenvalue weighted by Gasteiger charge is 2.07. The molecular weight excluding hydrogens is 276 g/mol. The first-order valence-electron chi connectivity index (χ1n) is 6.32. The second-order valence-corrected chi connectivity index (χ2v) is 4.84. The van der Waals surface area contributed by atoms with E-state index >= 15 is 0 Å². The van der Waals surface area contributed by atoms with Crippen LogP contribution < -0.4 is 4.74 Å². The lowest BCUT2D eigenvalue weighted by Gasteiger charge is -2.11. The van der Waals surface area contributed by atoms with Crippen LogP contribution in [-0.4, -0.2) is 17.7 Å². The number of carboxylic acids is 1. The van der Waals surface area contributed by atoms with Gasteiger partial charge in [-0.25, -0.2) is 0 Å². The number of rotatable bonds is 6. The fraction of sp³-hybridized carbons (Fsp3) is 0.188. The van der Waals surface area contributed by atoms with E-state index in [2.05, 4.69) is 0 Å². The van der Waals surface area contributed by atoms with E-state index in [1.54, 1.807) is 12.1 Å². The molecule has 0 bridgehead atoms. The largest absolute Gasteiger partial charge is 0.493 e. The second-order valence-electron chi connectivity index (χ2n) is 4.41. The van der Waals surface area contributed by atoms with Gasteiger partial charge < -0.3 is 9.84 Å². The Morgan fingerprint density at radius 1 is 1.15 bits per heavy atom. The summed E-state index contributed by atoms with van der Waals surface area (Å²) in [7, 11) is 0. The molecule has 2 aromatic rings. The third-order valence-corrected chi connectivity index (χ3v) is 3.07. The SMILES string of the molecule is O=C(O)CCOc1ccc(Cl)cc1Cc1ccccc1. The molecule has 20 heavy (non-hydrogen) atoms. The van der Waals surface area contributed by atoms with Crippen molar-refractivity contribution in [2.24, 2.45) is 0 Å². The minimum Gasteiger partial charge on any atom is -0.493 e. The quantitative estimate of drug-likeness (QED) is 0.880. The number of carbonyl (C=O) groups is 1. The van der Waals surface area contributed by atoms with Crippen molar-refractivity contribution in [2.45, 2.75) is 12.8 Å². The molecule has 4 heteroatoms. The topological polar surface area (TPSA) is 46.5 Å². The van der Waals surface area contributed by atoms with Crippen LogP contribution in [0, 0.1) is 0 Å². The highest BCUT2D eigenvalue weighted by Crippen LogP contribution is 2.25. The smallest absolute Gasteiger partial charge is 0.306 e. The fourth-order valence-corrected chi connectivity index (χ4v) is 2.09. The van der Waals surface area contributed by atoms with Crippen molar-refractivity contribution in [2.75, 3.05) is 6.61 Å². The van der Waals surface area contributed by atoms with Crippen molar-refractivity contribution in [3.8, 4) is 5.75 Å². The molecule has 0 aliphatic rings. The Morgan fingerprint density at radius 3 is 2.60 bits per heavy atom. The summed E-state index contributed by atoms with van der Waals surface area (Å²) in [6.45, 7) is 0.152. The molecule has 1 N–H and O–H groups in total. The predicted octanol–water partition coefficient (Wildman–Crippen LogP) is 3.78. The molecule has 0 unspecified atom stereocenters. The second kappa shape index (κ2) is 6.96. The van der Waals surface area contributed by atoms with Crippen LogP contribution in [0.4, 0.5) is 0 Å². The molecule has 0 spiro atoms. The Balaban J connectivity index is 2.13. The summed E-state index contributed by atoms with van der Waals surface area (Å²) in [5.41, 5.74) is 2.10. The van der Waals surface area contributed by atoms with E-state index in [1.165, 1.54) is 0 Å². The first-order chi connectivity index (χ1) is 9.65. The molecule has 0 aliphatic carbocycles. The van der Waals surface area contributed by atoms with Crippen LogP contribution in [0.5, 0.6) is 5.75 Å². The van der Waals surface area contributed by atoms with E-state index in [0.29, 0.717) is 17.2 Å². The Bertz CT molecular complexity index is 582. The molecule has 0 saturated carbocycles. The summed E-state index contributed by atoms with van der Waals surface area (Å²) in [4.78, 5) is 10.5. The predicted molar refractivity (Wildman–Crippen MR) is 78.4 cm³/mol. The lowest BCUT2D eigenvalue weighted by atomic mass is 10.0. The zero-order valence-corrected chi connectivity index (χ0v) is 11.6. The molecular formula is C16H15ClO3. The van der Waals surface area contributed by atoms with Crippen LogP contribution >= 0.6 is 11.6 Å². The summed E-state index contributed by atoms with van der Waals surface area (Å²) in [5.74, 6) is -0.192. The average molecular weight is 291 g/mol. The molecule has 2 aromatic carbocycles. The van der Waals surface area contributed by atoms with E-state index in [9.17, 15) is 4.79 Å². The van der Waals surface area contributed by atoms with Gasteiger partial charge in [0.15, 0.2) is 0 Å². The van der Waals surface area contributed by atoms with Crippen molar-refractivity contribution in [3.05, 3.63) is 64.7 Å². The zero-order valence-electron chi connectivity index (χ0n) is 10.9. The molecule has 0 radical (unpaired) electrons. The van der Waals surface area contributed by atoms with Gasteiger partial charge in [0.25, 0.3) is 0 Å². The van der Waals surface area contributed by atoms with Gasteiger partial charge in [-0.2, -0.15) is 0 Å². The molecule has 104 valence electrons. The van der Waals surface area contributed by atoms with Crippen molar-refractivity contribution in [1.29, 1.82) is 0 Å². The standard InChI is InChI=1S/C16H15ClO3/c17-14-6-7-15(20-9-8-16(18)19)13(11-14)10-12-4-2-1-3-5-12/h1-7,11H,8-10H2,(H,18,19).